The average molecular weight is 325 g/mol. The van der Waals surface area contributed by atoms with Crippen molar-refractivity contribution in [3.8, 4) is 0 Å². The van der Waals surface area contributed by atoms with Crippen LogP contribution in [0.2, 0.25) is 0 Å². The van der Waals surface area contributed by atoms with Crippen molar-refractivity contribution in [3.63, 3.8) is 0 Å². The third-order valence-corrected chi connectivity index (χ3v) is 4.61. The summed E-state index contributed by atoms with van der Waals surface area (Å²) in [6.07, 6.45) is 3.95. The summed E-state index contributed by atoms with van der Waals surface area (Å²) in [6, 6.07) is 5.26. The van der Waals surface area contributed by atoms with Crippen LogP contribution < -0.4 is 5.32 Å². The predicted molar refractivity (Wildman–Crippen MR) is 90.3 cm³/mol. The number of hydrogen-bond acceptors (Lipinski definition) is 3. The Morgan fingerprint density at radius 2 is 1.95 bits per heavy atom. The summed E-state index contributed by atoms with van der Waals surface area (Å²) >= 11 is 1.98. The quantitative estimate of drug-likeness (QED) is 0.879. The Morgan fingerprint density at radius 1 is 1.26 bits per heavy atom. The first-order valence-corrected chi connectivity index (χ1v) is 7.64. The fourth-order valence-corrected chi connectivity index (χ4v) is 3.58. The first kappa shape index (κ1) is 19.2. The molecule has 2 heterocycles. The first-order valence-electron chi connectivity index (χ1n) is 6.82. The molecule has 2 rings (SSSR count). The number of hydrogen-bond donors (Lipinski definition) is 1. The molecule has 1 aromatic rings. The number of rotatable bonds is 5. The summed E-state index contributed by atoms with van der Waals surface area (Å²) in [6.45, 7) is 9.19. The zero-order valence-corrected chi connectivity index (χ0v) is 14.3. The normalized spacial score (nSPS) is 17.4. The highest BCUT2D eigenvalue weighted by Gasteiger charge is 2.22. The molecule has 0 bridgehead atoms. The number of nitrogens with one attached hydrogen (secondary N) is 1. The molecular formula is C14H26Cl2N2S. The van der Waals surface area contributed by atoms with Crippen LogP contribution >= 0.6 is 36.2 Å². The van der Waals surface area contributed by atoms with Gasteiger partial charge in [0.2, 0.25) is 0 Å². The van der Waals surface area contributed by atoms with E-state index in [4.69, 9.17) is 0 Å². The lowest BCUT2D eigenvalue weighted by molar-refractivity contribution is 0.165. The minimum atomic E-state index is 0. The van der Waals surface area contributed by atoms with E-state index in [1.807, 2.05) is 11.3 Å². The van der Waals surface area contributed by atoms with E-state index in [9.17, 15) is 0 Å². The minimum Gasteiger partial charge on any atom is -0.314 e. The molecule has 0 unspecified atom stereocenters. The Labute approximate surface area is 133 Å². The van der Waals surface area contributed by atoms with Gasteiger partial charge >= 0.3 is 0 Å². The number of thiophene rings is 1. The van der Waals surface area contributed by atoms with E-state index in [0.29, 0.717) is 6.04 Å². The van der Waals surface area contributed by atoms with Crippen molar-refractivity contribution in [1.29, 1.82) is 0 Å². The van der Waals surface area contributed by atoms with Gasteiger partial charge in [0.05, 0.1) is 0 Å². The molecule has 19 heavy (non-hydrogen) atoms. The highest BCUT2D eigenvalue weighted by molar-refractivity contribution is 7.12. The molecule has 1 aromatic heterocycles. The summed E-state index contributed by atoms with van der Waals surface area (Å²) < 4.78 is 0. The van der Waals surface area contributed by atoms with Gasteiger partial charge in [0.15, 0.2) is 0 Å². The van der Waals surface area contributed by atoms with Gasteiger partial charge in [-0.25, -0.2) is 0 Å². The second-order valence-electron chi connectivity index (χ2n) is 4.89. The number of halogens is 2. The molecule has 1 saturated heterocycles. The zero-order valence-electron chi connectivity index (χ0n) is 11.9. The van der Waals surface area contributed by atoms with E-state index in [-0.39, 0.29) is 24.8 Å². The smallest absolute Gasteiger partial charge is 0.0442 e. The summed E-state index contributed by atoms with van der Waals surface area (Å²) in [4.78, 5) is 5.67. The molecule has 0 radical (unpaired) electrons. The van der Waals surface area contributed by atoms with Crippen molar-refractivity contribution < 1.29 is 0 Å². The lowest BCUT2D eigenvalue weighted by Gasteiger charge is -2.34. The van der Waals surface area contributed by atoms with Gasteiger partial charge in [-0.15, -0.1) is 36.2 Å². The summed E-state index contributed by atoms with van der Waals surface area (Å²) in [5, 5.41) is 3.44. The zero-order chi connectivity index (χ0) is 12.1. The van der Waals surface area contributed by atoms with Crippen LogP contribution in [0.25, 0.3) is 0 Å². The first-order chi connectivity index (χ1) is 8.31. The average Bonchev–Trinajstić information content (AvgIpc) is 2.78. The van der Waals surface area contributed by atoms with Gasteiger partial charge in [0.25, 0.3) is 0 Å². The number of piperazine rings is 1. The number of nitrogens with zero attached hydrogens (tertiary/aromatic N) is 1. The molecule has 0 aliphatic carbocycles. The van der Waals surface area contributed by atoms with Crippen LogP contribution in [-0.4, -0.2) is 31.1 Å². The molecule has 5 heteroatoms. The van der Waals surface area contributed by atoms with Gasteiger partial charge < -0.3 is 5.32 Å². The summed E-state index contributed by atoms with van der Waals surface area (Å²) in [5.41, 5.74) is 0. The SMILES string of the molecule is CCCC[C@H](c1ccc(C)s1)N1CCNCC1.Cl.Cl. The van der Waals surface area contributed by atoms with Crippen LogP contribution in [-0.2, 0) is 0 Å². The second kappa shape index (κ2) is 10.0. The third kappa shape index (κ3) is 5.60. The molecule has 0 aromatic carbocycles. The molecule has 1 atom stereocenters. The van der Waals surface area contributed by atoms with Gasteiger partial charge in [-0.05, 0) is 25.5 Å². The van der Waals surface area contributed by atoms with Crippen LogP contribution in [0.15, 0.2) is 12.1 Å². The Hall–Kier alpha value is 0.200. The molecule has 0 amide bonds. The Morgan fingerprint density at radius 3 is 2.47 bits per heavy atom. The van der Waals surface area contributed by atoms with Crippen LogP contribution in [0.1, 0.15) is 42.0 Å². The molecule has 1 aliphatic rings. The lowest BCUT2D eigenvalue weighted by Crippen LogP contribution is -2.45. The van der Waals surface area contributed by atoms with Crippen molar-refractivity contribution in [2.75, 3.05) is 26.2 Å². The van der Waals surface area contributed by atoms with Crippen molar-refractivity contribution in [3.05, 3.63) is 21.9 Å². The highest BCUT2D eigenvalue weighted by Crippen LogP contribution is 2.31. The largest absolute Gasteiger partial charge is 0.314 e. The van der Waals surface area contributed by atoms with Gasteiger partial charge in [-0.2, -0.15) is 0 Å². The van der Waals surface area contributed by atoms with Crippen LogP contribution in [0, 0.1) is 6.92 Å². The molecular weight excluding hydrogens is 299 g/mol. The Kier molecular flexibility index (Phi) is 10.1. The monoisotopic (exact) mass is 324 g/mol. The highest BCUT2D eigenvalue weighted by atomic mass is 35.5. The van der Waals surface area contributed by atoms with Gasteiger partial charge in [-0.3, -0.25) is 4.90 Å². The molecule has 0 spiro atoms. The van der Waals surface area contributed by atoms with Gasteiger partial charge in [-0.1, -0.05) is 19.8 Å². The Balaban J connectivity index is 0.00000162. The fourth-order valence-electron chi connectivity index (χ4n) is 2.53. The van der Waals surface area contributed by atoms with Crippen molar-refractivity contribution in [2.24, 2.45) is 0 Å². The standard InChI is InChI=1S/C14H24N2S.2ClH/c1-3-4-5-13(14-7-6-12(2)17-14)16-10-8-15-9-11-16;;/h6-7,13,15H,3-5,8-11H2,1-2H3;2*1H/t13-;;/m1../s1. The van der Waals surface area contributed by atoms with Gasteiger partial charge in [0, 0.05) is 42.0 Å². The predicted octanol–water partition coefficient (Wildman–Crippen LogP) is 4.04. The molecule has 112 valence electrons. The fraction of sp³-hybridized carbons (Fsp3) is 0.714. The molecule has 0 saturated carbocycles. The van der Waals surface area contributed by atoms with E-state index < -0.39 is 0 Å². The third-order valence-electron chi connectivity index (χ3n) is 3.51. The number of unbranched alkanes of at least 4 members (excludes halogenated alkanes) is 1. The van der Waals surface area contributed by atoms with Gasteiger partial charge in [0.1, 0.15) is 0 Å². The van der Waals surface area contributed by atoms with E-state index in [2.05, 4.69) is 36.2 Å². The van der Waals surface area contributed by atoms with Crippen molar-refractivity contribution in [1.82, 2.24) is 10.2 Å². The maximum absolute atomic E-state index is 3.44. The summed E-state index contributed by atoms with van der Waals surface area (Å²) in [7, 11) is 0. The molecule has 2 nitrogen and oxygen atoms in total. The lowest BCUT2D eigenvalue weighted by atomic mass is 10.1. The summed E-state index contributed by atoms with van der Waals surface area (Å²) in [5.74, 6) is 0. The van der Waals surface area contributed by atoms with Crippen molar-refractivity contribution >= 4 is 36.2 Å². The van der Waals surface area contributed by atoms with Crippen LogP contribution in [0.5, 0.6) is 0 Å². The molecule has 1 N–H and O–H groups in total. The maximum atomic E-state index is 3.44. The topological polar surface area (TPSA) is 15.3 Å². The van der Waals surface area contributed by atoms with E-state index in [0.717, 1.165) is 13.1 Å². The van der Waals surface area contributed by atoms with Crippen LogP contribution in [0.4, 0.5) is 0 Å². The number of aryl methyl sites for hydroxylation is 1. The van der Waals surface area contributed by atoms with E-state index in [1.54, 1.807) is 4.88 Å². The molecule has 1 fully saturated rings. The minimum absolute atomic E-state index is 0. The maximum Gasteiger partial charge on any atom is 0.0442 e. The van der Waals surface area contributed by atoms with E-state index >= 15 is 0 Å². The molecule has 1 aliphatic heterocycles. The second-order valence-corrected chi connectivity index (χ2v) is 6.21. The van der Waals surface area contributed by atoms with Crippen LogP contribution in [0.3, 0.4) is 0 Å². The van der Waals surface area contributed by atoms with Crippen molar-refractivity contribution in [2.45, 2.75) is 39.2 Å². The van der Waals surface area contributed by atoms with E-state index in [1.165, 1.54) is 37.2 Å². The Bertz CT molecular complexity index is 338.